The van der Waals surface area contributed by atoms with Gasteiger partial charge < -0.3 is 4.42 Å². The molecule has 0 unspecified atom stereocenters. The van der Waals surface area contributed by atoms with Crippen LogP contribution in [0.25, 0.3) is 10.8 Å². The summed E-state index contributed by atoms with van der Waals surface area (Å²) in [6, 6.07) is 11.8. The number of nitrogens with zero attached hydrogens (tertiary/aromatic N) is 3. The molecule has 4 nitrogen and oxygen atoms in total. The second kappa shape index (κ2) is 6.60. The number of aromatic nitrogens is 2. The summed E-state index contributed by atoms with van der Waals surface area (Å²) in [7, 11) is 2.03. The lowest BCUT2D eigenvalue weighted by atomic mass is 10.2. The van der Waals surface area contributed by atoms with E-state index >= 15 is 0 Å². The molecule has 0 aliphatic rings. The first-order valence-electron chi connectivity index (χ1n) is 6.95. The highest BCUT2D eigenvalue weighted by atomic mass is 35.5. The van der Waals surface area contributed by atoms with E-state index in [0.29, 0.717) is 11.8 Å². The number of rotatable bonds is 5. The highest BCUT2D eigenvalue weighted by molar-refractivity contribution is 7.13. The van der Waals surface area contributed by atoms with Gasteiger partial charge in [-0.1, -0.05) is 29.8 Å². The largest absolute Gasteiger partial charge is 0.418 e. The first kappa shape index (κ1) is 15.2. The van der Waals surface area contributed by atoms with Gasteiger partial charge >= 0.3 is 0 Å². The van der Waals surface area contributed by atoms with Crippen molar-refractivity contribution in [2.45, 2.75) is 19.5 Å². The third kappa shape index (κ3) is 3.38. The van der Waals surface area contributed by atoms with Crippen LogP contribution in [0.4, 0.5) is 0 Å². The van der Waals surface area contributed by atoms with Crippen LogP contribution in [0.3, 0.4) is 0 Å². The molecule has 0 N–H and O–H groups in total. The number of thiophene rings is 1. The predicted octanol–water partition coefficient (Wildman–Crippen LogP) is 4.64. The first-order valence-corrected chi connectivity index (χ1v) is 8.21. The maximum absolute atomic E-state index is 6.03. The Morgan fingerprint density at radius 2 is 2.14 bits per heavy atom. The molecule has 3 rings (SSSR count). The summed E-state index contributed by atoms with van der Waals surface area (Å²) >= 11 is 7.62. The summed E-state index contributed by atoms with van der Waals surface area (Å²) in [5.41, 5.74) is 1.15. The number of halogens is 1. The zero-order valence-corrected chi connectivity index (χ0v) is 13.9. The fourth-order valence-corrected chi connectivity index (χ4v) is 3.01. The molecule has 0 amide bonds. The highest BCUT2D eigenvalue weighted by Gasteiger charge is 2.19. The van der Waals surface area contributed by atoms with Crippen molar-refractivity contribution >= 4 is 22.9 Å². The maximum atomic E-state index is 6.03. The summed E-state index contributed by atoms with van der Waals surface area (Å²) in [6.07, 6.45) is 0. The summed E-state index contributed by atoms with van der Waals surface area (Å²) in [4.78, 5) is 3.14. The molecule has 3 aromatic rings. The summed E-state index contributed by atoms with van der Waals surface area (Å²) in [5.74, 6) is 1.20. The molecule has 2 aromatic heterocycles. The van der Waals surface area contributed by atoms with Gasteiger partial charge in [-0.25, -0.2) is 0 Å². The van der Waals surface area contributed by atoms with E-state index in [-0.39, 0.29) is 6.04 Å². The summed E-state index contributed by atoms with van der Waals surface area (Å²) in [6.45, 7) is 2.81. The van der Waals surface area contributed by atoms with Crippen LogP contribution in [0.5, 0.6) is 0 Å². The Balaban J connectivity index is 1.72. The third-order valence-corrected chi connectivity index (χ3v) is 4.61. The molecule has 0 radical (unpaired) electrons. The molecule has 0 bridgehead atoms. The highest BCUT2D eigenvalue weighted by Crippen LogP contribution is 2.27. The molecule has 0 aliphatic carbocycles. The quantitative estimate of drug-likeness (QED) is 0.682. The van der Waals surface area contributed by atoms with Crippen LogP contribution in [-0.2, 0) is 6.54 Å². The van der Waals surface area contributed by atoms with Crippen LogP contribution in [-0.4, -0.2) is 22.1 Å². The van der Waals surface area contributed by atoms with Gasteiger partial charge in [0, 0.05) is 11.6 Å². The van der Waals surface area contributed by atoms with Crippen LogP contribution in [0.2, 0.25) is 5.02 Å². The molecule has 6 heteroatoms. The average Bonchev–Trinajstić information content (AvgIpc) is 3.17. The minimum atomic E-state index is 0.0280. The van der Waals surface area contributed by atoms with Gasteiger partial charge in [-0.15, -0.1) is 21.5 Å². The summed E-state index contributed by atoms with van der Waals surface area (Å²) in [5, 5.41) is 11.0. The fraction of sp³-hybridized carbons (Fsp3) is 0.250. The minimum absolute atomic E-state index is 0.0280. The summed E-state index contributed by atoms with van der Waals surface area (Å²) < 4.78 is 5.79. The van der Waals surface area contributed by atoms with E-state index < -0.39 is 0 Å². The molecule has 2 heterocycles. The van der Waals surface area contributed by atoms with Crippen molar-refractivity contribution in [3.05, 3.63) is 58.3 Å². The van der Waals surface area contributed by atoms with E-state index in [2.05, 4.69) is 28.1 Å². The zero-order chi connectivity index (χ0) is 15.5. The number of benzene rings is 1. The van der Waals surface area contributed by atoms with Crippen molar-refractivity contribution in [2.24, 2.45) is 0 Å². The molecular weight excluding hydrogens is 318 g/mol. The van der Waals surface area contributed by atoms with Crippen molar-refractivity contribution in [3.63, 3.8) is 0 Å². The van der Waals surface area contributed by atoms with Gasteiger partial charge in [0.05, 0.1) is 10.9 Å². The van der Waals surface area contributed by atoms with Gasteiger partial charge in [-0.2, -0.15) is 0 Å². The second-order valence-corrected chi connectivity index (χ2v) is 6.53. The Labute approximate surface area is 138 Å². The molecule has 0 saturated heterocycles. The van der Waals surface area contributed by atoms with Gasteiger partial charge in [0.15, 0.2) is 0 Å². The van der Waals surface area contributed by atoms with Crippen molar-refractivity contribution in [1.29, 1.82) is 0 Å². The molecule has 1 atom stereocenters. The fourth-order valence-electron chi connectivity index (χ4n) is 2.15. The van der Waals surface area contributed by atoms with Crippen LogP contribution in [0.15, 0.2) is 46.2 Å². The van der Waals surface area contributed by atoms with Gasteiger partial charge in [0.2, 0.25) is 5.89 Å². The van der Waals surface area contributed by atoms with E-state index in [1.54, 1.807) is 11.3 Å². The van der Waals surface area contributed by atoms with E-state index in [1.165, 1.54) is 0 Å². The number of hydrogen-bond donors (Lipinski definition) is 0. The van der Waals surface area contributed by atoms with Crippen LogP contribution < -0.4 is 0 Å². The average molecular weight is 334 g/mol. The SMILES string of the molecule is C[C@@H](c1nnc(-c2cccs2)o1)N(C)Cc1cccc(Cl)c1. The lowest BCUT2D eigenvalue weighted by Gasteiger charge is -2.21. The van der Waals surface area contributed by atoms with Gasteiger partial charge in [-0.05, 0) is 43.1 Å². The van der Waals surface area contributed by atoms with Crippen molar-refractivity contribution in [2.75, 3.05) is 7.05 Å². The Bertz CT molecular complexity index is 741. The zero-order valence-electron chi connectivity index (χ0n) is 12.4. The Hall–Kier alpha value is -1.69. The third-order valence-electron chi connectivity index (χ3n) is 3.51. The lowest BCUT2D eigenvalue weighted by Crippen LogP contribution is -2.22. The van der Waals surface area contributed by atoms with Gasteiger partial charge in [-0.3, -0.25) is 4.90 Å². The first-order chi connectivity index (χ1) is 10.6. The van der Waals surface area contributed by atoms with Crippen molar-refractivity contribution in [3.8, 4) is 10.8 Å². The second-order valence-electron chi connectivity index (χ2n) is 5.14. The Morgan fingerprint density at radius 1 is 1.27 bits per heavy atom. The molecule has 0 fully saturated rings. The standard InChI is InChI=1S/C16H16ClN3OS/c1-11(20(2)10-12-5-3-6-13(17)9-12)15-18-19-16(21-15)14-7-4-8-22-14/h3-9,11H,10H2,1-2H3/t11-/m0/s1. The van der Waals surface area contributed by atoms with E-state index in [0.717, 1.165) is 22.0 Å². The van der Waals surface area contributed by atoms with Gasteiger partial charge in [0.1, 0.15) is 0 Å². The van der Waals surface area contributed by atoms with Crippen molar-refractivity contribution in [1.82, 2.24) is 15.1 Å². The van der Waals surface area contributed by atoms with E-state index in [9.17, 15) is 0 Å². The monoisotopic (exact) mass is 333 g/mol. The van der Waals surface area contributed by atoms with Crippen LogP contribution in [0, 0.1) is 0 Å². The topological polar surface area (TPSA) is 42.2 Å². The smallest absolute Gasteiger partial charge is 0.257 e. The minimum Gasteiger partial charge on any atom is -0.418 e. The molecule has 1 aromatic carbocycles. The predicted molar refractivity (Wildman–Crippen MR) is 88.9 cm³/mol. The molecule has 114 valence electrons. The van der Waals surface area contributed by atoms with Gasteiger partial charge in [0.25, 0.3) is 5.89 Å². The molecule has 0 spiro atoms. The molecule has 22 heavy (non-hydrogen) atoms. The van der Waals surface area contributed by atoms with Crippen molar-refractivity contribution < 1.29 is 4.42 Å². The Morgan fingerprint density at radius 3 is 2.86 bits per heavy atom. The number of hydrogen-bond acceptors (Lipinski definition) is 5. The van der Waals surface area contributed by atoms with E-state index in [4.69, 9.17) is 16.0 Å². The lowest BCUT2D eigenvalue weighted by molar-refractivity contribution is 0.218. The van der Waals surface area contributed by atoms with Crippen LogP contribution >= 0.6 is 22.9 Å². The molecule has 0 aliphatic heterocycles. The molecular formula is C16H16ClN3OS. The van der Waals surface area contributed by atoms with E-state index in [1.807, 2.05) is 42.8 Å². The normalized spacial score (nSPS) is 12.7. The molecule has 0 saturated carbocycles. The Kier molecular flexibility index (Phi) is 4.57. The van der Waals surface area contributed by atoms with Crippen LogP contribution in [0.1, 0.15) is 24.4 Å². The maximum Gasteiger partial charge on any atom is 0.257 e.